The van der Waals surface area contributed by atoms with Crippen molar-refractivity contribution in [2.75, 3.05) is 7.11 Å². The summed E-state index contributed by atoms with van der Waals surface area (Å²) in [5.41, 5.74) is 1.89. The highest BCUT2D eigenvalue weighted by Crippen LogP contribution is 2.15. The molecule has 0 N–H and O–H groups in total. The monoisotopic (exact) mass is 267 g/mol. The van der Waals surface area contributed by atoms with E-state index in [1.807, 2.05) is 6.07 Å². The van der Waals surface area contributed by atoms with Gasteiger partial charge in [-0.25, -0.2) is 4.79 Å². The Morgan fingerprint density at radius 1 is 1.20 bits per heavy atom. The van der Waals surface area contributed by atoms with Gasteiger partial charge in [0.15, 0.2) is 0 Å². The summed E-state index contributed by atoms with van der Waals surface area (Å²) in [7, 11) is 1.35. The van der Waals surface area contributed by atoms with Gasteiger partial charge in [-0.1, -0.05) is 18.2 Å². The lowest BCUT2D eigenvalue weighted by atomic mass is 10.1. The summed E-state index contributed by atoms with van der Waals surface area (Å²) < 4.78 is 10.3. The summed E-state index contributed by atoms with van der Waals surface area (Å²) in [6, 6.07) is 16.0. The maximum Gasteiger partial charge on any atom is 0.337 e. The molecule has 0 unspecified atom stereocenters. The van der Waals surface area contributed by atoms with Gasteiger partial charge in [0, 0.05) is 0 Å². The van der Waals surface area contributed by atoms with Crippen LogP contribution in [0, 0.1) is 11.3 Å². The normalized spacial score (nSPS) is 9.60. The lowest BCUT2D eigenvalue weighted by Crippen LogP contribution is -2.03. The van der Waals surface area contributed by atoms with Crippen molar-refractivity contribution < 1.29 is 14.3 Å². The first kappa shape index (κ1) is 13.6. The molecule has 0 amide bonds. The van der Waals surface area contributed by atoms with E-state index in [1.165, 1.54) is 7.11 Å². The maximum atomic E-state index is 11.4. The van der Waals surface area contributed by atoms with Crippen molar-refractivity contribution in [2.24, 2.45) is 0 Å². The second kappa shape index (κ2) is 6.39. The Bertz CT molecular complexity index is 659. The van der Waals surface area contributed by atoms with E-state index in [2.05, 4.69) is 10.8 Å². The van der Waals surface area contributed by atoms with Crippen molar-refractivity contribution in [1.29, 1.82) is 5.26 Å². The van der Waals surface area contributed by atoms with Crippen molar-refractivity contribution >= 4 is 5.97 Å². The highest BCUT2D eigenvalue weighted by atomic mass is 16.5. The van der Waals surface area contributed by atoms with E-state index < -0.39 is 0 Å². The van der Waals surface area contributed by atoms with Crippen LogP contribution >= 0.6 is 0 Å². The molecule has 0 aliphatic rings. The fraction of sp³-hybridized carbons (Fsp3) is 0.125. The molecule has 0 aliphatic heterocycles. The number of esters is 1. The molecule has 0 atom stereocenters. The van der Waals surface area contributed by atoms with Crippen molar-refractivity contribution in [3.05, 3.63) is 65.2 Å². The van der Waals surface area contributed by atoms with Crippen LogP contribution in [0.2, 0.25) is 0 Å². The average Bonchev–Trinajstić information content (AvgIpc) is 2.52. The van der Waals surface area contributed by atoms with Gasteiger partial charge in [0.05, 0.1) is 24.3 Å². The number of carbonyl (C=O) groups excluding carboxylic acids is 1. The number of methoxy groups -OCH3 is 1. The number of carbonyl (C=O) groups is 1. The first-order valence-electron chi connectivity index (χ1n) is 6.03. The number of ether oxygens (including phenoxy) is 2. The number of rotatable bonds is 4. The molecule has 2 rings (SSSR count). The summed E-state index contributed by atoms with van der Waals surface area (Å²) in [4.78, 5) is 11.4. The largest absolute Gasteiger partial charge is 0.489 e. The maximum absolute atomic E-state index is 11.4. The third kappa shape index (κ3) is 3.36. The molecule has 0 heterocycles. The first-order chi connectivity index (χ1) is 9.72. The molecule has 0 spiro atoms. The predicted octanol–water partition coefficient (Wildman–Crippen LogP) is 2.92. The molecule has 20 heavy (non-hydrogen) atoms. The van der Waals surface area contributed by atoms with Crippen LogP contribution < -0.4 is 4.74 Å². The van der Waals surface area contributed by atoms with E-state index in [0.29, 0.717) is 23.5 Å². The van der Waals surface area contributed by atoms with Crippen LogP contribution in [0.1, 0.15) is 21.5 Å². The molecule has 0 aromatic heterocycles. The molecule has 100 valence electrons. The Morgan fingerprint density at radius 2 is 2.00 bits per heavy atom. The predicted molar refractivity (Wildman–Crippen MR) is 73.3 cm³/mol. The first-order valence-corrected chi connectivity index (χ1v) is 6.03. The van der Waals surface area contributed by atoms with Crippen LogP contribution in [-0.4, -0.2) is 13.1 Å². The van der Waals surface area contributed by atoms with E-state index in [1.54, 1.807) is 42.5 Å². The van der Waals surface area contributed by atoms with E-state index in [9.17, 15) is 4.79 Å². The zero-order valence-electron chi connectivity index (χ0n) is 11.0. The lowest BCUT2D eigenvalue weighted by Gasteiger charge is -2.07. The van der Waals surface area contributed by atoms with Gasteiger partial charge in [-0.3, -0.25) is 0 Å². The number of nitriles is 1. The Morgan fingerprint density at radius 3 is 2.75 bits per heavy atom. The molecule has 4 nitrogen and oxygen atoms in total. The molecular weight excluding hydrogens is 254 g/mol. The molecule has 0 saturated heterocycles. The molecule has 0 radical (unpaired) electrons. The topological polar surface area (TPSA) is 59.3 Å². The summed E-state index contributed by atoms with van der Waals surface area (Å²) in [5, 5.41) is 8.81. The number of benzene rings is 2. The van der Waals surface area contributed by atoms with Crippen LogP contribution in [0.15, 0.2) is 48.5 Å². The van der Waals surface area contributed by atoms with Crippen molar-refractivity contribution in [1.82, 2.24) is 0 Å². The summed E-state index contributed by atoms with van der Waals surface area (Å²) in [6.07, 6.45) is 0. The van der Waals surface area contributed by atoms with Crippen LogP contribution in [0.4, 0.5) is 0 Å². The summed E-state index contributed by atoms with van der Waals surface area (Å²) >= 11 is 0. The van der Waals surface area contributed by atoms with Crippen LogP contribution in [-0.2, 0) is 11.3 Å². The fourth-order valence-corrected chi connectivity index (χ4v) is 1.73. The Labute approximate surface area is 117 Å². The van der Waals surface area contributed by atoms with E-state index in [4.69, 9.17) is 10.00 Å². The van der Waals surface area contributed by atoms with Gasteiger partial charge in [-0.05, 0) is 35.9 Å². The van der Waals surface area contributed by atoms with Crippen LogP contribution in [0.25, 0.3) is 0 Å². The van der Waals surface area contributed by atoms with Crippen molar-refractivity contribution in [3.8, 4) is 11.8 Å². The zero-order chi connectivity index (χ0) is 14.4. The molecule has 0 bridgehead atoms. The third-order valence-corrected chi connectivity index (χ3v) is 2.72. The molecule has 4 heteroatoms. The van der Waals surface area contributed by atoms with Gasteiger partial charge in [0.2, 0.25) is 0 Å². The highest BCUT2D eigenvalue weighted by Gasteiger charge is 2.06. The Balaban J connectivity index is 2.07. The number of nitrogens with zero attached hydrogens (tertiary/aromatic N) is 1. The van der Waals surface area contributed by atoms with E-state index in [-0.39, 0.29) is 5.97 Å². The number of hydrogen-bond donors (Lipinski definition) is 0. The van der Waals surface area contributed by atoms with Crippen molar-refractivity contribution in [3.63, 3.8) is 0 Å². The van der Waals surface area contributed by atoms with Gasteiger partial charge < -0.3 is 9.47 Å². The van der Waals surface area contributed by atoms with Gasteiger partial charge >= 0.3 is 5.97 Å². The van der Waals surface area contributed by atoms with E-state index >= 15 is 0 Å². The van der Waals surface area contributed by atoms with Gasteiger partial charge in [0.25, 0.3) is 0 Å². The SMILES string of the molecule is COC(=O)c1cccc(COc2cccc(C#N)c2)c1. The van der Waals surface area contributed by atoms with Crippen molar-refractivity contribution in [2.45, 2.75) is 6.61 Å². The van der Waals surface area contributed by atoms with Gasteiger partial charge in [-0.15, -0.1) is 0 Å². The minimum atomic E-state index is -0.377. The quantitative estimate of drug-likeness (QED) is 0.799. The third-order valence-electron chi connectivity index (χ3n) is 2.72. The minimum absolute atomic E-state index is 0.319. The summed E-state index contributed by atoms with van der Waals surface area (Å²) in [5.74, 6) is 0.242. The highest BCUT2D eigenvalue weighted by molar-refractivity contribution is 5.89. The fourth-order valence-electron chi connectivity index (χ4n) is 1.73. The molecule has 2 aromatic rings. The average molecular weight is 267 g/mol. The smallest absolute Gasteiger partial charge is 0.337 e. The van der Waals surface area contributed by atoms with E-state index in [0.717, 1.165) is 5.56 Å². The Kier molecular flexibility index (Phi) is 4.35. The molecule has 0 saturated carbocycles. The summed E-state index contributed by atoms with van der Waals surface area (Å²) in [6.45, 7) is 0.319. The molecule has 0 aliphatic carbocycles. The lowest BCUT2D eigenvalue weighted by molar-refractivity contribution is 0.0600. The molecule has 0 fully saturated rings. The second-order valence-corrected chi connectivity index (χ2v) is 4.12. The second-order valence-electron chi connectivity index (χ2n) is 4.12. The number of hydrogen-bond acceptors (Lipinski definition) is 4. The molecule has 2 aromatic carbocycles. The van der Waals surface area contributed by atoms with Crippen LogP contribution in [0.5, 0.6) is 5.75 Å². The van der Waals surface area contributed by atoms with Crippen LogP contribution in [0.3, 0.4) is 0 Å². The van der Waals surface area contributed by atoms with Gasteiger partial charge in [0.1, 0.15) is 12.4 Å². The Hall–Kier alpha value is -2.80. The standard InChI is InChI=1S/C16H13NO3/c1-19-16(18)14-6-2-5-13(8-14)11-20-15-7-3-4-12(9-15)10-17/h2-9H,11H2,1H3. The molecular formula is C16H13NO3. The minimum Gasteiger partial charge on any atom is -0.489 e. The zero-order valence-corrected chi connectivity index (χ0v) is 11.0. The van der Waals surface area contributed by atoms with Gasteiger partial charge in [-0.2, -0.15) is 5.26 Å².